The van der Waals surface area contributed by atoms with Crippen LogP contribution in [0.3, 0.4) is 0 Å². The molecule has 0 aromatic heterocycles. The van der Waals surface area contributed by atoms with Gasteiger partial charge in [-0.05, 0) is 25.0 Å². The Bertz CT molecular complexity index is 589. The zero-order valence-electron chi connectivity index (χ0n) is 14.5. The van der Waals surface area contributed by atoms with Gasteiger partial charge >= 0.3 is 11.9 Å². The maximum absolute atomic E-state index is 13.4. The van der Waals surface area contributed by atoms with Gasteiger partial charge in [0.1, 0.15) is 5.82 Å². The summed E-state index contributed by atoms with van der Waals surface area (Å²) < 4.78 is 13.4. The molecule has 0 heterocycles. The first kappa shape index (κ1) is 21.6. The van der Waals surface area contributed by atoms with E-state index in [-0.39, 0.29) is 11.5 Å². The third kappa shape index (κ3) is 8.57. The van der Waals surface area contributed by atoms with Crippen LogP contribution in [0.2, 0.25) is 0 Å². The SMILES string of the molecule is O=C(NCCNC1CCCCCC1)c1ccccc1F.O=C(O)C(=O)O. The number of carbonyl (C=O) groups excluding carboxylic acids is 1. The minimum Gasteiger partial charge on any atom is -0.473 e. The van der Waals surface area contributed by atoms with Crippen molar-refractivity contribution in [1.29, 1.82) is 0 Å². The molecule has 4 N–H and O–H groups in total. The molecule has 0 bridgehead atoms. The van der Waals surface area contributed by atoms with Crippen molar-refractivity contribution in [1.82, 2.24) is 10.6 Å². The third-order valence-corrected chi connectivity index (χ3v) is 4.00. The predicted molar refractivity (Wildman–Crippen MR) is 93.5 cm³/mol. The monoisotopic (exact) mass is 368 g/mol. The van der Waals surface area contributed by atoms with Gasteiger partial charge in [0.15, 0.2) is 0 Å². The molecule has 1 saturated carbocycles. The first-order valence-electron chi connectivity index (χ1n) is 8.64. The predicted octanol–water partition coefficient (Wildman–Crippen LogP) is 2.02. The molecule has 0 radical (unpaired) electrons. The number of carboxylic acids is 2. The van der Waals surface area contributed by atoms with Crippen LogP contribution >= 0.6 is 0 Å². The number of carboxylic acid groups (broad SMARTS) is 2. The van der Waals surface area contributed by atoms with E-state index in [1.807, 2.05) is 0 Å². The third-order valence-electron chi connectivity index (χ3n) is 4.00. The van der Waals surface area contributed by atoms with E-state index in [9.17, 15) is 9.18 Å². The van der Waals surface area contributed by atoms with E-state index in [1.54, 1.807) is 12.1 Å². The summed E-state index contributed by atoms with van der Waals surface area (Å²) in [6.45, 7) is 1.27. The molecule has 8 heteroatoms. The summed E-state index contributed by atoms with van der Waals surface area (Å²) >= 11 is 0. The molecular weight excluding hydrogens is 343 g/mol. The summed E-state index contributed by atoms with van der Waals surface area (Å²) in [6.07, 6.45) is 7.70. The van der Waals surface area contributed by atoms with Crippen LogP contribution in [0.1, 0.15) is 48.9 Å². The number of aliphatic carboxylic acids is 2. The maximum Gasteiger partial charge on any atom is 0.414 e. The van der Waals surface area contributed by atoms with Gasteiger partial charge in [0.05, 0.1) is 5.56 Å². The average Bonchev–Trinajstić information content (AvgIpc) is 2.88. The van der Waals surface area contributed by atoms with Crippen molar-refractivity contribution in [2.75, 3.05) is 13.1 Å². The van der Waals surface area contributed by atoms with Crippen LogP contribution in [0, 0.1) is 5.82 Å². The summed E-state index contributed by atoms with van der Waals surface area (Å²) in [5.41, 5.74) is 0.113. The van der Waals surface area contributed by atoms with Crippen molar-refractivity contribution >= 4 is 17.8 Å². The van der Waals surface area contributed by atoms with Crippen LogP contribution in [-0.4, -0.2) is 47.2 Å². The number of hydrogen-bond donors (Lipinski definition) is 4. The van der Waals surface area contributed by atoms with E-state index in [2.05, 4.69) is 10.6 Å². The molecule has 0 saturated heterocycles. The van der Waals surface area contributed by atoms with Gasteiger partial charge in [0.25, 0.3) is 5.91 Å². The maximum atomic E-state index is 13.4. The van der Waals surface area contributed by atoms with Crippen LogP contribution in [0.15, 0.2) is 24.3 Å². The highest BCUT2D eigenvalue weighted by molar-refractivity contribution is 6.27. The van der Waals surface area contributed by atoms with Gasteiger partial charge in [-0.25, -0.2) is 14.0 Å². The largest absolute Gasteiger partial charge is 0.473 e. The zero-order chi connectivity index (χ0) is 19.4. The highest BCUT2D eigenvalue weighted by atomic mass is 19.1. The quantitative estimate of drug-likeness (QED) is 0.359. The Morgan fingerprint density at radius 3 is 2.08 bits per heavy atom. The minimum absolute atomic E-state index is 0.113. The van der Waals surface area contributed by atoms with Crippen molar-refractivity contribution in [3.8, 4) is 0 Å². The molecule has 0 spiro atoms. The topological polar surface area (TPSA) is 116 Å². The first-order chi connectivity index (χ1) is 12.4. The molecular formula is C18H25FN2O5. The number of halogens is 1. The van der Waals surface area contributed by atoms with Crippen molar-refractivity contribution in [3.05, 3.63) is 35.6 Å². The first-order valence-corrected chi connectivity index (χ1v) is 8.64. The number of hydrogen-bond acceptors (Lipinski definition) is 4. The lowest BCUT2D eigenvalue weighted by Gasteiger charge is -2.16. The van der Waals surface area contributed by atoms with Crippen molar-refractivity contribution in [2.45, 2.75) is 44.6 Å². The summed E-state index contributed by atoms with van der Waals surface area (Å²) in [4.78, 5) is 30.0. The number of carbonyl (C=O) groups is 3. The van der Waals surface area contributed by atoms with Crippen LogP contribution in [-0.2, 0) is 9.59 Å². The second-order valence-corrected chi connectivity index (χ2v) is 5.99. The number of benzene rings is 1. The number of rotatable bonds is 5. The fourth-order valence-electron chi connectivity index (χ4n) is 2.68. The molecule has 2 rings (SSSR count). The van der Waals surface area contributed by atoms with Crippen LogP contribution in [0.4, 0.5) is 4.39 Å². The van der Waals surface area contributed by atoms with E-state index < -0.39 is 17.8 Å². The van der Waals surface area contributed by atoms with Gasteiger partial charge in [-0.15, -0.1) is 0 Å². The molecule has 7 nitrogen and oxygen atoms in total. The highest BCUT2D eigenvalue weighted by Gasteiger charge is 2.12. The number of nitrogens with one attached hydrogen (secondary N) is 2. The summed E-state index contributed by atoms with van der Waals surface area (Å²) in [6, 6.07) is 6.63. The average molecular weight is 368 g/mol. The lowest BCUT2D eigenvalue weighted by molar-refractivity contribution is -0.159. The highest BCUT2D eigenvalue weighted by Crippen LogP contribution is 2.16. The molecule has 1 fully saturated rings. The van der Waals surface area contributed by atoms with Gasteiger partial charge in [0.2, 0.25) is 0 Å². The lowest BCUT2D eigenvalue weighted by Crippen LogP contribution is -2.37. The van der Waals surface area contributed by atoms with E-state index in [4.69, 9.17) is 19.8 Å². The second kappa shape index (κ2) is 12.0. The second-order valence-electron chi connectivity index (χ2n) is 5.99. The van der Waals surface area contributed by atoms with Crippen molar-refractivity contribution in [3.63, 3.8) is 0 Å². The smallest absolute Gasteiger partial charge is 0.414 e. The summed E-state index contributed by atoms with van der Waals surface area (Å²) in [5, 5.41) is 21.0. The molecule has 0 atom stereocenters. The minimum atomic E-state index is -1.82. The fraction of sp³-hybridized carbons (Fsp3) is 0.500. The Kier molecular flexibility index (Phi) is 9.93. The Hall–Kier alpha value is -2.48. The van der Waals surface area contributed by atoms with Gasteiger partial charge < -0.3 is 20.8 Å². The fourth-order valence-corrected chi connectivity index (χ4v) is 2.68. The Labute approximate surface area is 151 Å². The molecule has 0 aliphatic heterocycles. The summed E-state index contributed by atoms with van der Waals surface area (Å²) in [5.74, 6) is -4.46. The van der Waals surface area contributed by atoms with E-state index >= 15 is 0 Å². The molecule has 0 unspecified atom stereocenters. The van der Waals surface area contributed by atoms with E-state index in [1.165, 1.54) is 50.7 Å². The van der Waals surface area contributed by atoms with Crippen molar-refractivity contribution in [2.24, 2.45) is 0 Å². The van der Waals surface area contributed by atoms with Crippen molar-refractivity contribution < 1.29 is 29.0 Å². The van der Waals surface area contributed by atoms with E-state index in [0.717, 1.165) is 6.54 Å². The molecule has 1 amide bonds. The molecule has 1 aromatic rings. The molecule has 1 aromatic carbocycles. The van der Waals surface area contributed by atoms with Crippen LogP contribution in [0.5, 0.6) is 0 Å². The Morgan fingerprint density at radius 2 is 1.54 bits per heavy atom. The van der Waals surface area contributed by atoms with Gasteiger partial charge in [-0.1, -0.05) is 37.8 Å². The van der Waals surface area contributed by atoms with Crippen LogP contribution < -0.4 is 10.6 Å². The van der Waals surface area contributed by atoms with Gasteiger partial charge in [-0.2, -0.15) is 0 Å². The zero-order valence-corrected chi connectivity index (χ0v) is 14.5. The molecule has 26 heavy (non-hydrogen) atoms. The standard InChI is InChI=1S/C16H23FN2O.C2H2O4/c17-15-10-6-5-9-14(15)16(20)19-12-11-18-13-7-3-1-2-4-8-13;3-1(4)2(5)6/h5-6,9-10,13,18H,1-4,7-8,11-12H2,(H,19,20);(H,3,4)(H,5,6). The van der Waals surface area contributed by atoms with Crippen LogP contribution in [0.25, 0.3) is 0 Å². The molecule has 1 aliphatic carbocycles. The number of amides is 1. The molecule has 144 valence electrons. The normalized spacial score (nSPS) is 14.5. The Balaban J connectivity index is 0.000000487. The van der Waals surface area contributed by atoms with E-state index in [0.29, 0.717) is 12.6 Å². The van der Waals surface area contributed by atoms with Gasteiger partial charge in [0, 0.05) is 19.1 Å². The van der Waals surface area contributed by atoms with Gasteiger partial charge in [-0.3, -0.25) is 4.79 Å². The Morgan fingerprint density at radius 1 is 0.962 bits per heavy atom. The lowest BCUT2D eigenvalue weighted by atomic mass is 10.1. The summed E-state index contributed by atoms with van der Waals surface area (Å²) in [7, 11) is 0. The molecule has 1 aliphatic rings.